The normalized spacial score (nSPS) is 12.3. The zero-order valence-electron chi connectivity index (χ0n) is 10.0. The van der Waals surface area contributed by atoms with E-state index in [1.54, 1.807) is 18.3 Å². The van der Waals surface area contributed by atoms with Crippen LogP contribution in [0.15, 0.2) is 30.5 Å². The Labute approximate surface area is 126 Å². The molecule has 0 amide bonds. The van der Waals surface area contributed by atoms with Gasteiger partial charge in [-0.15, -0.1) is 0 Å². The Kier molecular flexibility index (Phi) is 4.53. The third kappa shape index (κ3) is 3.31. The number of nitrogens with zero attached hydrogens (tertiary/aromatic N) is 1. The first-order valence-electron chi connectivity index (χ1n) is 5.52. The summed E-state index contributed by atoms with van der Waals surface area (Å²) in [5.41, 5.74) is 6.64. The van der Waals surface area contributed by atoms with Gasteiger partial charge in [-0.3, -0.25) is 0 Å². The molecule has 2 N–H and O–H groups in total. The van der Waals surface area contributed by atoms with Crippen molar-refractivity contribution in [2.75, 3.05) is 0 Å². The van der Waals surface area contributed by atoms with Gasteiger partial charge in [0.1, 0.15) is 5.75 Å². The fourth-order valence-electron chi connectivity index (χ4n) is 1.52. The molecule has 1 aromatic carbocycles. The molecule has 3 nitrogen and oxygen atoms in total. The van der Waals surface area contributed by atoms with Crippen LogP contribution in [0.1, 0.15) is 18.5 Å². The molecule has 0 aliphatic rings. The molecule has 0 unspecified atom stereocenters. The lowest BCUT2D eigenvalue weighted by atomic mass is 10.1. The second-order valence-corrected chi connectivity index (χ2v) is 5.21. The molecule has 1 atom stereocenters. The zero-order chi connectivity index (χ0) is 14.0. The average molecular weight is 318 g/mol. The van der Waals surface area contributed by atoms with E-state index in [0.29, 0.717) is 26.7 Å². The van der Waals surface area contributed by atoms with Crippen molar-refractivity contribution in [3.05, 3.63) is 51.1 Å². The Morgan fingerprint density at radius 1 is 1.16 bits per heavy atom. The highest BCUT2D eigenvalue weighted by atomic mass is 35.5. The van der Waals surface area contributed by atoms with Crippen LogP contribution in [0.25, 0.3) is 0 Å². The lowest BCUT2D eigenvalue weighted by Gasteiger charge is -2.13. The van der Waals surface area contributed by atoms with Crippen molar-refractivity contribution in [2.45, 2.75) is 13.0 Å². The van der Waals surface area contributed by atoms with Gasteiger partial charge < -0.3 is 10.5 Å². The highest BCUT2D eigenvalue weighted by Crippen LogP contribution is 2.37. The number of halogens is 3. The second-order valence-electron chi connectivity index (χ2n) is 3.99. The summed E-state index contributed by atoms with van der Waals surface area (Å²) in [7, 11) is 0. The van der Waals surface area contributed by atoms with Crippen molar-refractivity contribution >= 4 is 34.8 Å². The van der Waals surface area contributed by atoms with Crippen LogP contribution < -0.4 is 10.5 Å². The van der Waals surface area contributed by atoms with E-state index in [0.717, 1.165) is 5.56 Å². The maximum Gasteiger partial charge on any atom is 0.224 e. The van der Waals surface area contributed by atoms with Gasteiger partial charge in [0, 0.05) is 23.9 Å². The molecule has 0 aliphatic carbocycles. The molecular weight excluding hydrogens is 307 g/mol. The lowest BCUT2D eigenvalue weighted by molar-refractivity contribution is 0.452. The van der Waals surface area contributed by atoms with Crippen molar-refractivity contribution in [3.63, 3.8) is 0 Å². The minimum absolute atomic E-state index is 0.203. The molecule has 0 aliphatic heterocycles. The number of hydrogen-bond donors (Lipinski definition) is 1. The fraction of sp³-hybridized carbons (Fsp3) is 0.154. The fourth-order valence-corrected chi connectivity index (χ4v) is 2.10. The summed E-state index contributed by atoms with van der Waals surface area (Å²) in [5, 5.41) is 1.09. The highest BCUT2D eigenvalue weighted by Gasteiger charge is 2.13. The summed E-state index contributed by atoms with van der Waals surface area (Å²) in [5.74, 6) is 0.787. The first-order valence-corrected chi connectivity index (χ1v) is 6.65. The first kappa shape index (κ1) is 14.4. The van der Waals surface area contributed by atoms with E-state index in [4.69, 9.17) is 45.3 Å². The number of pyridine rings is 1. The molecule has 0 spiro atoms. The smallest absolute Gasteiger partial charge is 0.224 e. The predicted octanol–water partition coefficient (Wildman–Crippen LogP) is 4.85. The summed E-state index contributed by atoms with van der Waals surface area (Å²) < 4.78 is 5.67. The summed E-state index contributed by atoms with van der Waals surface area (Å²) in [6, 6.07) is 6.51. The Morgan fingerprint density at radius 2 is 1.84 bits per heavy atom. The van der Waals surface area contributed by atoms with Crippen LogP contribution in [0.3, 0.4) is 0 Å². The van der Waals surface area contributed by atoms with Gasteiger partial charge in [0.15, 0.2) is 0 Å². The molecule has 0 saturated heterocycles. The molecule has 19 heavy (non-hydrogen) atoms. The van der Waals surface area contributed by atoms with E-state index in [1.165, 1.54) is 6.07 Å². The molecule has 0 radical (unpaired) electrons. The second kappa shape index (κ2) is 5.97. The van der Waals surface area contributed by atoms with Gasteiger partial charge in [-0.1, -0.05) is 40.9 Å². The Hall–Kier alpha value is -1.000. The van der Waals surface area contributed by atoms with E-state index in [2.05, 4.69) is 4.98 Å². The summed E-state index contributed by atoms with van der Waals surface area (Å²) in [6.45, 7) is 1.85. The lowest BCUT2D eigenvalue weighted by Crippen LogP contribution is -2.07. The maximum absolute atomic E-state index is 6.06. The maximum atomic E-state index is 6.06. The van der Waals surface area contributed by atoms with Crippen molar-refractivity contribution in [3.8, 4) is 11.6 Å². The summed E-state index contributed by atoms with van der Waals surface area (Å²) >= 11 is 17.9. The minimum atomic E-state index is -0.203. The Bertz CT molecular complexity index is 602. The molecule has 0 saturated carbocycles. The van der Waals surface area contributed by atoms with Crippen molar-refractivity contribution in [2.24, 2.45) is 5.73 Å². The van der Waals surface area contributed by atoms with Crippen LogP contribution in [0.2, 0.25) is 15.1 Å². The van der Waals surface area contributed by atoms with E-state index in [9.17, 15) is 0 Å². The Morgan fingerprint density at radius 3 is 2.53 bits per heavy atom. The van der Waals surface area contributed by atoms with Crippen LogP contribution in [0.4, 0.5) is 0 Å². The van der Waals surface area contributed by atoms with Gasteiger partial charge in [0.05, 0.1) is 15.1 Å². The van der Waals surface area contributed by atoms with Gasteiger partial charge in [0.25, 0.3) is 0 Å². The number of aromatic nitrogens is 1. The number of rotatable bonds is 3. The molecule has 0 bridgehead atoms. The van der Waals surface area contributed by atoms with E-state index in [1.807, 2.05) is 13.0 Å². The molecular formula is C13H11Cl3N2O. The molecule has 1 aromatic heterocycles. The van der Waals surface area contributed by atoms with Gasteiger partial charge >= 0.3 is 0 Å². The Balaban J connectivity index is 2.39. The third-order valence-corrected chi connectivity index (χ3v) is 3.49. The van der Waals surface area contributed by atoms with Crippen LogP contribution >= 0.6 is 34.8 Å². The van der Waals surface area contributed by atoms with Crippen molar-refractivity contribution in [1.29, 1.82) is 0 Å². The van der Waals surface area contributed by atoms with Crippen molar-refractivity contribution in [1.82, 2.24) is 4.98 Å². The van der Waals surface area contributed by atoms with Crippen LogP contribution in [-0.4, -0.2) is 4.98 Å². The topological polar surface area (TPSA) is 48.1 Å². The van der Waals surface area contributed by atoms with Gasteiger partial charge in [0.2, 0.25) is 5.88 Å². The predicted molar refractivity (Wildman–Crippen MR) is 78.4 cm³/mol. The number of hydrogen-bond acceptors (Lipinski definition) is 3. The minimum Gasteiger partial charge on any atom is -0.437 e. The zero-order valence-corrected chi connectivity index (χ0v) is 12.3. The van der Waals surface area contributed by atoms with E-state index < -0.39 is 0 Å². The van der Waals surface area contributed by atoms with Gasteiger partial charge in [-0.2, -0.15) is 0 Å². The monoisotopic (exact) mass is 316 g/mol. The highest BCUT2D eigenvalue weighted by molar-refractivity contribution is 6.43. The number of nitrogens with two attached hydrogens (primary N) is 1. The molecule has 6 heteroatoms. The third-order valence-electron chi connectivity index (χ3n) is 2.47. The molecule has 100 valence electrons. The largest absolute Gasteiger partial charge is 0.437 e. The molecule has 2 rings (SSSR count). The van der Waals surface area contributed by atoms with Gasteiger partial charge in [-0.25, -0.2) is 4.98 Å². The molecule has 1 heterocycles. The number of ether oxygens (including phenoxy) is 1. The summed E-state index contributed by atoms with van der Waals surface area (Å²) in [6.07, 6.45) is 1.62. The van der Waals surface area contributed by atoms with E-state index >= 15 is 0 Å². The molecule has 2 aromatic rings. The van der Waals surface area contributed by atoms with Crippen LogP contribution in [0.5, 0.6) is 11.6 Å². The molecule has 0 fully saturated rings. The standard InChI is InChI=1S/C13H11Cl3N2O/c1-7(17)8-3-2-4-18-13(8)19-12-6-10(15)9(14)5-11(12)16/h2-7H,17H2,1H3/t7-/m0/s1. The first-order chi connectivity index (χ1) is 8.99. The quantitative estimate of drug-likeness (QED) is 0.823. The SMILES string of the molecule is C[C@H](N)c1cccnc1Oc1cc(Cl)c(Cl)cc1Cl. The number of benzene rings is 1. The van der Waals surface area contributed by atoms with Crippen molar-refractivity contribution < 1.29 is 4.74 Å². The average Bonchev–Trinajstić information content (AvgIpc) is 2.36. The van der Waals surface area contributed by atoms with Crippen LogP contribution in [0, 0.1) is 0 Å². The van der Waals surface area contributed by atoms with Gasteiger partial charge in [-0.05, 0) is 19.1 Å². The van der Waals surface area contributed by atoms with E-state index in [-0.39, 0.29) is 6.04 Å². The van der Waals surface area contributed by atoms with Crippen LogP contribution in [-0.2, 0) is 0 Å². The summed E-state index contributed by atoms with van der Waals surface area (Å²) in [4.78, 5) is 4.15.